The summed E-state index contributed by atoms with van der Waals surface area (Å²) in [6.07, 6.45) is 1.73. The molecule has 0 bridgehead atoms. The Morgan fingerprint density at radius 3 is 2.39 bits per heavy atom. The average molecular weight is 371 g/mol. The summed E-state index contributed by atoms with van der Waals surface area (Å²) in [5.41, 5.74) is 0.599. The van der Waals surface area contributed by atoms with Crippen LogP contribution in [0.25, 0.3) is 0 Å². The first-order valence-corrected chi connectivity index (χ1v) is 9.96. The average Bonchev–Trinajstić information content (AvgIpc) is 3.23. The van der Waals surface area contributed by atoms with Crippen LogP contribution in [0.5, 0.6) is 0 Å². The molecular formula is C14H18N4O2S3. The van der Waals surface area contributed by atoms with E-state index in [1.54, 1.807) is 23.2 Å². The summed E-state index contributed by atoms with van der Waals surface area (Å²) in [6, 6.07) is 3.55. The van der Waals surface area contributed by atoms with Crippen molar-refractivity contribution in [3.05, 3.63) is 24.0 Å². The summed E-state index contributed by atoms with van der Waals surface area (Å²) >= 11 is 4.17. The maximum atomic E-state index is 11.9. The molecule has 0 aliphatic heterocycles. The lowest BCUT2D eigenvalue weighted by atomic mass is 10.3. The molecular weight excluding hydrogens is 352 g/mol. The van der Waals surface area contributed by atoms with E-state index in [9.17, 15) is 9.59 Å². The normalized spacial score (nSPS) is 10.7. The van der Waals surface area contributed by atoms with Gasteiger partial charge >= 0.3 is 0 Å². The van der Waals surface area contributed by atoms with Gasteiger partial charge in [-0.15, -0.1) is 10.2 Å². The van der Waals surface area contributed by atoms with Gasteiger partial charge in [0.15, 0.2) is 14.5 Å². The van der Waals surface area contributed by atoms with E-state index >= 15 is 0 Å². The number of nitrogens with zero attached hydrogens (tertiary/aromatic N) is 3. The van der Waals surface area contributed by atoms with Crippen molar-refractivity contribution in [1.82, 2.24) is 20.1 Å². The zero-order valence-electron chi connectivity index (χ0n) is 12.9. The van der Waals surface area contributed by atoms with E-state index < -0.39 is 0 Å². The maximum Gasteiger partial charge on any atom is 0.233 e. The first kappa shape index (κ1) is 18.0. The van der Waals surface area contributed by atoms with E-state index in [1.165, 1.54) is 34.9 Å². The van der Waals surface area contributed by atoms with Crippen molar-refractivity contribution >= 4 is 46.6 Å². The number of carbonyl (C=O) groups excluding carboxylic acids is 2. The molecule has 0 radical (unpaired) electrons. The van der Waals surface area contributed by atoms with E-state index in [1.807, 2.05) is 13.8 Å². The summed E-state index contributed by atoms with van der Waals surface area (Å²) in [7, 11) is 0. The molecule has 0 aliphatic carbocycles. The van der Waals surface area contributed by atoms with Crippen molar-refractivity contribution in [2.75, 3.05) is 24.6 Å². The predicted molar refractivity (Wildman–Crippen MR) is 94.4 cm³/mol. The molecule has 2 rings (SSSR count). The van der Waals surface area contributed by atoms with E-state index in [-0.39, 0.29) is 11.7 Å². The van der Waals surface area contributed by atoms with Crippen molar-refractivity contribution in [3.63, 3.8) is 0 Å². The van der Waals surface area contributed by atoms with Crippen molar-refractivity contribution in [2.45, 2.75) is 22.5 Å². The number of aromatic nitrogens is 3. The highest BCUT2D eigenvalue weighted by Crippen LogP contribution is 2.29. The second-order valence-corrected chi connectivity index (χ2v) is 7.91. The van der Waals surface area contributed by atoms with Crippen LogP contribution in [0.3, 0.4) is 0 Å². The molecule has 0 unspecified atom stereocenters. The third-order valence-corrected chi connectivity index (χ3v) is 6.22. The molecule has 0 spiro atoms. The van der Waals surface area contributed by atoms with Crippen molar-refractivity contribution in [3.8, 4) is 0 Å². The van der Waals surface area contributed by atoms with Gasteiger partial charge in [-0.1, -0.05) is 34.9 Å². The van der Waals surface area contributed by atoms with Crippen LogP contribution in [0.1, 0.15) is 24.3 Å². The fourth-order valence-corrected chi connectivity index (χ4v) is 4.62. The zero-order valence-corrected chi connectivity index (χ0v) is 15.4. The Morgan fingerprint density at radius 2 is 1.83 bits per heavy atom. The molecule has 2 aromatic heterocycles. The topological polar surface area (TPSA) is 79.0 Å². The molecule has 0 aliphatic rings. The van der Waals surface area contributed by atoms with Gasteiger partial charge in [-0.05, 0) is 26.0 Å². The molecule has 0 aromatic carbocycles. The highest BCUT2D eigenvalue weighted by Gasteiger charge is 2.14. The van der Waals surface area contributed by atoms with Crippen LogP contribution in [0, 0.1) is 0 Å². The van der Waals surface area contributed by atoms with Crippen molar-refractivity contribution < 1.29 is 9.59 Å². The Labute approximate surface area is 147 Å². The Kier molecular flexibility index (Phi) is 7.13. The minimum Gasteiger partial charge on any atom is -0.359 e. The van der Waals surface area contributed by atoms with Gasteiger partial charge in [0.1, 0.15) is 0 Å². The number of thioether (sulfide) groups is 2. The number of amides is 1. The fraction of sp³-hybridized carbons (Fsp3) is 0.429. The predicted octanol–water partition coefficient (Wildman–Crippen LogP) is 2.80. The molecule has 0 saturated carbocycles. The van der Waals surface area contributed by atoms with E-state index in [0.29, 0.717) is 30.3 Å². The first-order valence-electron chi connectivity index (χ1n) is 7.17. The Hall–Kier alpha value is -1.32. The van der Waals surface area contributed by atoms with Crippen LogP contribution < -0.4 is 0 Å². The van der Waals surface area contributed by atoms with Gasteiger partial charge in [-0.25, -0.2) is 0 Å². The molecule has 23 heavy (non-hydrogen) atoms. The minimum atomic E-state index is 0.0288. The number of carbonyl (C=O) groups is 2. The highest BCUT2D eigenvalue weighted by molar-refractivity contribution is 8.03. The highest BCUT2D eigenvalue weighted by atomic mass is 32.2. The van der Waals surface area contributed by atoms with Gasteiger partial charge < -0.3 is 9.88 Å². The van der Waals surface area contributed by atoms with Crippen LogP contribution in [-0.2, 0) is 4.79 Å². The van der Waals surface area contributed by atoms with Crippen LogP contribution >= 0.6 is 34.9 Å². The van der Waals surface area contributed by atoms with Crippen LogP contribution in [0.4, 0.5) is 0 Å². The lowest BCUT2D eigenvalue weighted by Gasteiger charge is -2.17. The van der Waals surface area contributed by atoms with Crippen LogP contribution in [0.2, 0.25) is 0 Å². The van der Waals surface area contributed by atoms with Gasteiger partial charge in [0.05, 0.1) is 17.2 Å². The monoisotopic (exact) mass is 370 g/mol. The molecule has 0 fully saturated rings. The summed E-state index contributed by atoms with van der Waals surface area (Å²) in [5.74, 6) is 0.813. The van der Waals surface area contributed by atoms with Gasteiger partial charge in [-0.2, -0.15) is 0 Å². The maximum absolute atomic E-state index is 11.9. The van der Waals surface area contributed by atoms with Crippen LogP contribution in [0.15, 0.2) is 27.0 Å². The molecule has 6 nitrogen and oxygen atoms in total. The van der Waals surface area contributed by atoms with Gasteiger partial charge in [0, 0.05) is 19.3 Å². The first-order chi connectivity index (χ1) is 11.1. The second kappa shape index (κ2) is 9.09. The number of H-pyrrole nitrogens is 1. The fourth-order valence-electron chi connectivity index (χ4n) is 1.81. The molecule has 0 saturated heterocycles. The lowest BCUT2D eigenvalue weighted by Crippen LogP contribution is -2.31. The number of hydrogen-bond donors (Lipinski definition) is 1. The third kappa shape index (κ3) is 5.36. The summed E-state index contributed by atoms with van der Waals surface area (Å²) < 4.78 is 1.49. The number of aromatic amines is 1. The van der Waals surface area contributed by atoms with Crippen molar-refractivity contribution in [1.29, 1.82) is 0 Å². The van der Waals surface area contributed by atoms with Crippen molar-refractivity contribution in [2.24, 2.45) is 0 Å². The van der Waals surface area contributed by atoms with Gasteiger partial charge in [0.2, 0.25) is 5.91 Å². The molecule has 2 aromatic rings. The number of rotatable bonds is 9. The Morgan fingerprint density at radius 1 is 1.17 bits per heavy atom. The SMILES string of the molecule is CCN(CC)C(=O)CSc1nnc(SCC(=O)c2ccc[nH]2)s1. The molecule has 124 valence electrons. The summed E-state index contributed by atoms with van der Waals surface area (Å²) in [5, 5.41) is 8.12. The number of hydrogen-bond acceptors (Lipinski definition) is 7. The van der Waals surface area contributed by atoms with E-state index in [4.69, 9.17) is 0 Å². The van der Waals surface area contributed by atoms with Gasteiger partial charge in [0.25, 0.3) is 0 Å². The second-order valence-electron chi connectivity index (χ2n) is 4.48. The molecule has 9 heteroatoms. The molecule has 0 atom stereocenters. The number of Topliss-reactive ketones (excluding diaryl/α,β-unsaturated/α-hetero) is 1. The molecule has 2 heterocycles. The largest absolute Gasteiger partial charge is 0.359 e. The standard InChI is InChI=1S/C14H18N4O2S3/c1-3-18(4-2)12(20)9-22-14-17-16-13(23-14)21-8-11(19)10-6-5-7-15-10/h5-7,15H,3-4,8-9H2,1-2H3. The van der Waals surface area contributed by atoms with Crippen LogP contribution in [-0.4, -0.2) is 56.4 Å². The third-order valence-electron chi connectivity index (χ3n) is 3.05. The Bertz CT molecular complexity index is 638. The smallest absolute Gasteiger partial charge is 0.233 e. The van der Waals surface area contributed by atoms with E-state index in [2.05, 4.69) is 15.2 Å². The van der Waals surface area contributed by atoms with E-state index in [0.717, 1.165) is 8.68 Å². The molecule has 1 amide bonds. The Balaban J connectivity index is 1.79. The number of nitrogens with one attached hydrogen (secondary N) is 1. The number of ketones is 1. The summed E-state index contributed by atoms with van der Waals surface area (Å²) in [6.45, 7) is 5.36. The summed E-state index contributed by atoms with van der Waals surface area (Å²) in [4.78, 5) is 28.5. The minimum absolute atomic E-state index is 0.0288. The quantitative estimate of drug-likeness (QED) is 0.540. The lowest BCUT2D eigenvalue weighted by molar-refractivity contribution is -0.127. The van der Waals surface area contributed by atoms with Gasteiger partial charge in [-0.3, -0.25) is 9.59 Å². The molecule has 1 N–H and O–H groups in total. The zero-order chi connectivity index (χ0) is 16.7.